The van der Waals surface area contributed by atoms with Crippen LogP contribution in [0.5, 0.6) is 0 Å². The molecular formula is C15H20FNO. The third-order valence-electron chi connectivity index (χ3n) is 3.58. The summed E-state index contributed by atoms with van der Waals surface area (Å²) in [5.41, 5.74) is 0.859. The largest absolute Gasteiger partial charge is 0.353 e. The molecule has 2 rings (SSSR count). The zero-order valence-electron chi connectivity index (χ0n) is 10.8. The first-order chi connectivity index (χ1) is 8.63. The van der Waals surface area contributed by atoms with Crippen LogP contribution in [0.1, 0.15) is 38.2 Å². The summed E-state index contributed by atoms with van der Waals surface area (Å²) < 4.78 is 12.7. The van der Waals surface area contributed by atoms with Crippen LogP contribution in [0.2, 0.25) is 0 Å². The van der Waals surface area contributed by atoms with Gasteiger partial charge in [-0.15, -0.1) is 0 Å². The number of amides is 1. The lowest BCUT2D eigenvalue weighted by molar-refractivity contribution is -0.121. The summed E-state index contributed by atoms with van der Waals surface area (Å²) in [5.74, 6) is 0.482. The molecule has 1 aliphatic rings. The van der Waals surface area contributed by atoms with Gasteiger partial charge in [0, 0.05) is 6.04 Å². The van der Waals surface area contributed by atoms with Crippen molar-refractivity contribution in [2.45, 2.75) is 45.1 Å². The fourth-order valence-electron chi connectivity index (χ4n) is 2.63. The van der Waals surface area contributed by atoms with E-state index in [2.05, 4.69) is 12.2 Å². The number of rotatable bonds is 3. The third kappa shape index (κ3) is 3.83. The lowest BCUT2D eigenvalue weighted by atomic mass is 9.87. The summed E-state index contributed by atoms with van der Waals surface area (Å²) in [6.45, 7) is 2.23. The Morgan fingerprint density at radius 2 is 2.06 bits per heavy atom. The van der Waals surface area contributed by atoms with Crippen molar-refractivity contribution in [2.24, 2.45) is 5.92 Å². The van der Waals surface area contributed by atoms with Crippen molar-refractivity contribution < 1.29 is 9.18 Å². The third-order valence-corrected chi connectivity index (χ3v) is 3.58. The molecule has 0 radical (unpaired) electrons. The zero-order valence-corrected chi connectivity index (χ0v) is 10.8. The van der Waals surface area contributed by atoms with E-state index in [0.29, 0.717) is 18.4 Å². The van der Waals surface area contributed by atoms with Crippen molar-refractivity contribution in [3.8, 4) is 0 Å². The first-order valence-corrected chi connectivity index (χ1v) is 6.67. The molecule has 98 valence electrons. The highest BCUT2D eigenvalue weighted by Crippen LogP contribution is 2.23. The average Bonchev–Trinajstić information content (AvgIpc) is 2.32. The van der Waals surface area contributed by atoms with Gasteiger partial charge in [-0.25, -0.2) is 4.39 Å². The standard InChI is InChI=1S/C15H20FNO/c1-11-3-2-4-14(9-11)17-15(18)10-12-5-7-13(16)8-6-12/h5-8,11,14H,2-4,9-10H2,1H3,(H,17,18). The van der Waals surface area contributed by atoms with Crippen LogP contribution in [0.15, 0.2) is 24.3 Å². The van der Waals surface area contributed by atoms with Crippen molar-refractivity contribution in [3.63, 3.8) is 0 Å². The molecule has 0 aliphatic heterocycles. The first kappa shape index (κ1) is 13.1. The fourth-order valence-corrected chi connectivity index (χ4v) is 2.63. The predicted molar refractivity (Wildman–Crippen MR) is 69.7 cm³/mol. The summed E-state index contributed by atoms with van der Waals surface area (Å²) in [7, 11) is 0. The second-order valence-electron chi connectivity index (χ2n) is 5.34. The van der Waals surface area contributed by atoms with Crippen LogP contribution in [0.4, 0.5) is 4.39 Å². The van der Waals surface area contributed by atoms with Crippen molar-refractivity contribution in [1.29, 1.82) is 0 Å². The van der Waals surface area contributed by atoms with Crippen LogP contribution in [0.25, 0.3) is 0 Å². The van der Waals surface area contributed by atoms with E-state index in [1.165, 1.54) is 25.0 Å². The van der Waals surface area contributed by atoms with E-state index in [1.54, 1.807) is 12.1 Å². The molecule has 0 bridgehead atoms. The van der Waals surface area contributed by atoms with Gasteiger partial charge in [0.05, 0.1) is 6.42 Å². The van der Waals surface area contributed by atoms with E-state index < -0.39 is 0 Å². The van der Waals surface area contributed by atoms with Crippen molar-refractivity contribution in [2.75, 3.05) is 0 Å². The maximum absolute atomic E-state index is 12.7. The van der Waals surface area contributed by atoms with Gasteiger partial charge >= 0.3 is 0 Å². The van der Waals surface area contributed by atoms with Gasteiger partial charge in [0.1, 0.15) is 5.82 Å². The molecule has 2 unspecified atom stereocenters. The second-order valence-corrected chi connectivity index (χ2v) is 5.34. The van der Waals surface area contributed by atoms with Crippen LogP contribution >= 0.6 is 0 Å². The molecule has 0 heterocycles. The highest BCUT2D eigenvalue weighted by atomic mass is 19.1. The Kier molecular flexibility index (Phi) is 4.34. The van der Waals surface area contributed by atoms with E-state index in [-0.39, 0.29) is 11.7 Å². The minimum absolute atomic E-state index is 0.0423. The van der Waals surface area contributed by atoms with E-state index in [4.69, 9.17) is 0 Å². The molecule has 2 nitrogen and oxygen atoms in total. The molecule has 2 atom stereocenters. The monoisotopic (exact) mass is 249 g/mol. The zero-order chi connectivity index (χ0) is 13.0. The van der Waals surface area contributed by atoms with Gasteiger partial charge in [0.2, 0.25) is 5.91 Å². The Bertz CT molecular complexity index is 401. The molecule has 1 aromatic rings. The lowest BCUT2D eigenvalue weighted by Crippen LogP contribution is -2.38. The van der Waals surface area contributed by atoms with Gasteiger partial charge in [0.15, 0.2) is 0 Å². The summed E-state index contributed by atoms with van der Waals surface area (Å²) in [5, 5.41) is 3.08. The number of carbonyl (C=O) groups excluding carboxylic acids is 1. The predicted octanol–water partition coefficient (Wildman–Crippen LogP) is 3.06. The summed E-state index contributed by atoms with van der Waals surface area (Å²) >= 11 is 0. The van der Waals surface area contributed by atoms with E-state index in [9.17, 15) is 9.18 Å². The van der Waals surface area contributed by atoms with Gasteiger partial charge < -0.3 is 5.32 Å². The summed E-state index contributed by atoms with van der Waals surface area (Å²) in [6.07, 6.45) is 4.97. The van der Waals surface area contributed by atoms with Gasteiger partial charge in [-0.05, 0) is 36.5 Å². The molecule has 1 aromatic carbocycles. The van der Waals surface area contributed by atoms with Crippen LogP contribution in [0, 0.1) is 11.7 Å². The first-order valence-electron chi connectivity index (χ1n) is 6.67. The molecule has 1 N–H and O–H groups in total. The number of hydrogen-bond acceptors (Lipinski definition) is 1. The maximum atomic E-state index is 12.7. The Hall–Kier alpha value is -1.38. The van der Waals surface area contributed by atoms with Crippen molar-refractivity contribution in [1.82, 2.24) is 5.32 Å². The fraction of sp³-hybridized carbons (Fsp3) is 0.533. The Balaban J connectivity index is 1.83. The van der Waals surface area contributed by atoms with Crippen molar-refractivity contribution >= 4 is 5.91 Å². The number of benzene rings is 1. The molecule has 0 saturated heterocycles. The molecule has 1 amide bonds. The molecule has 1 aliphatic carbocycles. The second kappa shape index (κ2) is 5.98. The van der Waals surface area contributed by atoms with E-state index in [1.807, 2.05) is 0 Å². The highest BCUT2D eigenvalue weighted by molar-refractivity contribution is 5.78. The number of carbonyl (C=O) groups is 1. The van der Waals surface area contributed by atoms with E-state index >= 15 is 0 Å². The number of hydrogen-bond donors (Lipinski definition) is 1. The van der Waals surface area contributed by atoms with Crippen LogP contribution in [-0.2, 0) is 11.2 Å². The molecule has 3 heteroatoms. The molecule has 18 heavy (non-hydrogen) atoms. The minimum atomic E-state index is -0.264. The van der Waals surface area contributed by atoms with Crippen LogP contribution in [-0.4, -0.2) is 11.9 Å². The molecule has 1 saturated carbocycles. The Labute approximate surface area is 108 Å². The maximum Gasteiger partial charge on any atom is 0.224 e. The molecule has 1 fully saturated rings. The highest BCUT2D eigenvalue weighted by Gasteiger charge is 2.20. The summed E-state index contributed by atoms with van der Waals surface area (Å²) in [6, 6.07) is 6.44. The molecule has 0 spiro atoms. The SMILES string of the molecule is CC1CCCC(NC(=O)Cc2ccc(F)cc2)C1. The number of nitrogens with one attached hydrogen (secondary N) is 1. The topological polar surface area (TPSA) is 29.1 Å². The number of halogens is 1. The normalized spacial score (nSPS) is 23.7. The van der Waals surface area contributed by atoms with Crippen LogP contribution < -0.4 is 5.32 Å². The molecular weight excluding hydrogens is 229 g/mol. The van der Waals surface area contributed by atoms with Gasteiger partial charge in [-0.1, -0.05) is 31.9 Å². The summed E-state index contributed by atoms with van der Waals surface area (Å²) in [4.78, 5) is 11.9. The van der Waals surface area contributed by atoms with Gasteiger partial charge in [-0.3, -0.25) is 4.79 Å². The van der Waals surface area contributed by atoms with Crippen molar-refractivity contribution in [3.05, 3.63) is 35.6 Å². The Morgan fingerprint density at radius 3 is 2.72 bits per heavy atom. The van der Waals surface area contributed by atoms with Crippen LogP contribution in [0.3, 0.4) is 0 Å². The van der Waals surface area contributed by atoms with E-state index in [0.717, 1.165) is 18.4 Å². The smallest absolute Gasteiger partial charge is 0.224 e. The molecule has 0 aromatic heterocycles. The minimum Gasteiger partial charge on any atom is -0.353 e. The quantitative estimate of drug-likeness (QED) is 0.876. The Morgan fingerprint density at radius 1 is 1.33 bits per heavy atom. The lowest BCUT2D eigenvalue weighted by Gasteiger charge is -2.27. The average molecular weight is 249 g/mol. The van der Waals surface area contributed by atoms with Gasteiger partial charge in [0.25, 0.3) is 0 Å². The van der Waals surface area contributed by atoms with Gasteiger partial charge in [-0.2, -0.15) is 0 Å².